The maximum atomic E-state index is 12.4. The minimum absolute atomic E-state index is 0.0885. The highest BCUT2D eigenvalue weighted by molar-refractivity contribution is 5.92. The fourth-order valence-electron chi connectivity index (χ4n) is 2.47. The van der Waals surface area contributed by atoms with Crippen LogP contribution >= 0.6 is 0 Å². The third-order valence-corrected chi connectivity index (χ3v) is 3.42. The van der Waals surface area contributed by atoms with E-state index in [-0.39, 0.29) is 5.91 Å². The number of carbonyl (C=O) groups is 1. The molecule has 5 nitrogen and oxygen atoms in total. The fourth-order valence-corrected chi connectivity index (χ4v) is 2.47. The summed E-state index contributed by atoms with van der Waals surface area (Å²) in [7, 11) is 1.81. The highest BCUT2D eigenvalue weighted by atomic mass is 16.2. The van der Waals surface area contributed by atoms with Crippen molar-refractivity contribution in [1.82, 2.24) is 20.0 Å². The Kier molecular flexibility index (Phi) is 4.36. The fraction of sp³-hybridized carbons (Fsp3) is 0.692. The summed E-state index contributed by atoms with van der Waals surface area (Å²) in [6.07, 6.45) is 5.03. The zero-order chi connectivity index (χ0) is 13.0. The number of nitrogens with one attached hydrogen (secondary N) is 1. The van der Waals surface area contributed by atoms with Gasteiger partial charge >= 0.3 is 0 Å². The van der Waals surface area contributed by atoms with E-state index in [1.807, 2.05) is 11.9 Å². The van der Waals surface area contributed by atoms with Crippen LogP contribution in [0.4, 0.5) is 0 Å². The van der Waals surface area contributed by atoms with Crippen LogP contribution in [0, 0.1) is 0 Å². The summed E-state index contributed by atoms with van der Waals surface area (Å²) in [6.45, 7) is 4.79. The second-order valence-corrected chi connectivity index (χ2v) is 4.88. The van der Waals surface area contributed by atoms with Crippen molar-refractivity contribution < 1.29 is 4.79 Å². The Hall–Kier alpha value is -1.36. The lowest BCUT2D eigenvalue weighted by Crippen LogP contribution is -2.42. The maximum Gasteiger partial charge on any atom is 0.272 e. The molecule has 0 radical (unpaired) electrons. The standard InChI is InChI=1S/C13H22N4O/c1-3-9-17(10-11-5-4-7-14-11)13(18)12-6-8-15-16(12)2/h6,8,11,14H,3-5,7,9-10H2,1-2H3. The minimum atomic E-state index is 0.0885. The summed E-state index contributed by atoms with van der Waals surface area (Å²) in [5.41, 5.74) is 0.668. The number of hydrogen-bond donors (Lipinski definition) is 1. The Morgan fingerprint density at radius 2 is 2.50 bits per heavy atom. The third-order valence-electron chi connectivity index (χ3n) is 3.42. The number of nitrogens with zero attached hydrogens (tertiary/aromatic N) is 3. The summed E-state index contributed by atoms with van der Waals surface area (Å²) in [6, 6.07) is 2.24. The summed E-state index contributed by atoms with van der Waals surface area (Å²) >= 11 is 0. The largest absolute Gasteiger partial charge is 0.336 e. The van der Waals surface area contributed by atoms with Gasteiger partial charge in [-0.2, -0.15) is 5.10 Å². The van der Waals surface area contributed by atoms with Gasteiger partial charge < -0.3 is 10.2 Å². The van der Waals surface area contributed by atoms with Gasteiger partial charge in [0.05, 0.1) is 0 Å². The van der Waals surface area contributed by atoms with Gasteiger partial charge in [-0.3, -0.25) is 9.48 Å². The zero-order valence-electron chi connectivity index (χ0n) is 11.2. The molecule has 1 aliphatic rings. The Bertz CT molecular complexity index is 395. The first-order valence-corrected chi connectivity index (χ1v) is 6.73. The highest BCUT2D eigenvalue weighted by Gasteiger charge is 2.23. The first-order valence-electron chi connectivity index (χ1n) is 6.73. The molecule has 18 heavy (non-hydrogen) atoms. The van der Waals surface area contributed by atoms with E-state index in [9.17, 15) is 4.79 Å². The Labute approximate surface area is 108 Å². The predicted molar refractivity (Wildman–Crippen MR) is 70.4 cm³/mol. The van der Waals surface area contributed by atoms with Gasteiger partial charge in [0.15, 0.2) is 0 Å². The zero-order valence-corrected chi connectivity index (χ0v) is 11.2. The Morgan fingerprint density at radius 1 is 1.67 bits per heavy atom. The molecule has 1 atom stereocenters. The predicted octanol–water partition coefficient (Wildman–Crippen LogP) is 1.02. The summed E-state index contributed by atoms with van der Waals surface area (Å²) < 4.78 is 1.65. The Morgan fingerprint density at radius 3 is 3.06 bits per heavy atom. The molecule has 0 aliphatic carbocycles. The lowest BCUT2D eigenvalue weighted by atomic mass is 10.2. The average Bonchev–Trinajstić information content (AvgIpc) is 2.99. The summed E-state index contributed by atoms with van der Waals surface area (Å²) in [5.74, 6) is 0.0885. The lowest BCUT2D eigenvalue weighted by Gasteiger charge is -2.25. The van der Waals surface area contributed by atoms with Crippen LogP contribution in [0.15, 0.2) is 12.3 Å². The first-order chi connectivity index (χ1) is 8.72. The van der Waals surface area contributed by atoms with Crippen LogP contribution in [0.3, 0.4) is 0 Å². The second kappa shape index (κ2) is 6.00. The molecule has 5 heteroatoms. The van der Waals surface area contributed by atoms with E-state index in [0.717, 1.165) is 26.1 Å². The maximum absolute atomic E-state index is 12.4. The van der Waals surface area contributed by atoms with Crippen LogP contribution in [0.5, 0.6) is 0 Å². The van der Waals surface area contributed by atoms with E-state index >= 15 is 0 Å². The number of amides is 1. The SMILES string of the molecule is CCCN(CC1CCCN1)C(=O)c1ccnn1C. The van der Waals surface area contributed by atoms with Crippen molar-refractivity contribution in [3.63, 3.8) is 0 Å². The molecule has 2 heterocycles. The lowest BCUT2D eigenvalue weighted by molar-refractivity contribution is 0.0731. The highest BCUT2D eigenvalue weighted by Crippen LogP contribution is 2.10. The van der Waals surface area contributed by atoms with Gasteiger partial charge in [-0.15, -0.1) is 0 Å². The number of aromatic nitrogens is 2. The summed E-state index contributed by atoms with van der Waals surface area (Å²) in [4.78, 5) is 14.4. The monoisotopic (exact) mass is 250 g/mol. The van der Waals surface area contributed by atoms with Crippen molar-refractivity contribution >= 4 is 5.91 Å². The molecular formula is C13H22N4O. The molecule has 1 amide bonds. The molecule has 1 aromatic rings. The molecule has 0 spiro atoms. The molecule has 0 bridgehead atoms. The topological polar surface area (TPSA) is 50.2 Å². The molecule has 1 saturated heterocycles. The van der Waals surface area contributed by atoms with E-state index in [1.165, 1.54) is 12.8 Å². The van der Waals surface area contributed by atoms with E-state index in [2.05, 4.69) is 17.3 Å². The van der Waals surface area contributed by atoms with Gasteiger partial charge in [0.2, 0.25) is 0 Å². The van der Waals surface area contributed by atoms with Gasteiger partial charge in [0.25, 0.3) is 5.91 Å². The van der Waals surface area contributed by atoms with Crippen LogP contribution in [-0.4, -0.2) is 46.3 Å². The van der Waals surface area contributed by atoms with Crippen LogP contribution in [0.1, 0.15) is 36.7 Å². The molecule has 1 aliphatic heterocycles. The van der Waals surface area contributed by atoms with Crippen molar-refractivity contribution in [2.75, 3.05) is 19.6 Å². The smallest absolute Gasteiger partial charge is 0.272 e. The van der Waals surface area contributed by atoms with Gasteiger partial charge in [-0.1, -0.05) is 6.92 Å². The van der Waals surface area contributed by atoms with E-state index in [0.29, 0.717) is 11.7 Å². The molecule has 100 valence electrons. The van der Waals surface area contributed by atoms with Crippen molar-refractivity contribution in [2.24, 2.45) is 7.05 Å². The van der Waals surface area contributed by atoms with E-state index in [1.54, 1.807) is 16.9 Å². The Balaban J connectivity index is 2.04. The van der Waals surface area contributed by atoms with Crippen molar-refractivity contribution in [2.45, 2.75) is 32.2 Å². The number of hydrogen-bond acceptors (Lipinski definition) is 3. The van der Waals surface area contributed by atoms with Gasteiger partial charge in [-0.25, -0.2) is 0 Å². The molecule has 0 aromatic carbocycles. The first kappa shape index (κ1) is 13.1. The van der Waals surface area contributed by atoms with E-state index in [4.69, 9.17) is 0 Å². The van der Waals surface area contributed by atoms with Crippen LogP contribution < -0.4 is 5.32 Å². The van der Waals surface area contributed by atoms with Gasteiger partial charge in [-0.05, 0) is 31.9 Å². The van der Waals surface area contributed by atoms with Gasteiger partial charge in [0.1, 0.15) is 5.69 Å². The third kappa shape index (κ3) is 2.90. The van der Waals surface area contributed by atoms with Crippen molar-refractivity contribution in [3.8, 4) is 0 Å². The molecule has 2 rings (SSSR count). The quantitative estimate of drug-likeness (QED) is 0.849. The average molecular weight is 250 g/mol. The minimum Gasteiger partial charge on any atom is -0.336 e. The van der Waals surface area contributed by atoms with Crippen LogP contribution in [0.25, 0.3) is 0 Å². The molecule has 1 unspecified atom stereocenters. The molecule has 1 N–H and O–H groups in total. The molecule has 1 fully saturated rings. The van der Waals surface area contributed by atoms with Crippen molar-refractivity contribution in [1.29, 1.82) is 0 Å². The van der Waals surface area contributed by atoms with Crippen molar-refractivity contribution in [3.05, 3.63) is 18.0 Å². The van der Waals surface area contributed by atoms with Crippen LogP contribution in [0.2, 0.25) is 0 Å². The number of carbonyl (C=O) groups excluding carboxylic acids is 1. The molecule has 0 saturated carbocycles. The van der Waals surface area contributed by atoms with E-state index < -0.39 is 0 Å². The number of rotatable bonds is 5. The summed E-state index contributed by atoms with van der Waals surface area (Å²) in [5, 5.41) is 7.51. The normalized spacial score (nSPS) is 19.1. The molecular weight excluding hydrogens is 228 g/mol. The second-order valence-electron chi connectivity index (χ2n) is 4.88. The molecule has 1 aromatic heterocycles. The van der Waals surface area contributed by atoms with Crippen LogP contribution in [-0.2, 0) is 7.05 Å². The number of aryl methyl sites for hydroxylation is 1. The van der Waals surface area contributed by atoms with Gasteiger partial charge in [0, 0.05) is 32.4 Å².